The second kappa shape index (κ2) is 4.30. The average Bonchev–Trinajstić information content (AvgIpc) is 2.17. The van der Waals surface area contributed by atoms with Crippen LogP contribution in [0.4, 0.5) is 0 Å². The highest BCUT2D eigenvalue weighted by atomic mass is 16.3. The van der Waals surface area contributed by atoms with Gasteiger partial charge in [0.1, 0.15) is 6.33 Å². The van der Waals surface area contributed by atoms with Crippen LogP contribution in [0.3, 0.4) is 0 Å². The van der Waals surface area contributed by atoms with Gasteiger partial charge in [0, 0.05) is 30.0 Å². The molecule has 4 heteroatoms. The maximum atomic E-state index is 8.98. The Balaban J connectivity index is 2.44. The molecule has 1 rings (SSSR count). The van der Waals surface area contributed by atoms with E-state index in [4.69, 9.17) is 5.11 Å². The molecule has 4 nitrogen and oxygen atoms in total. The van der Waals surface area contributed by atoms with Crippen molar-refractivity contribution in [3.8, 4) is 0 Å². The number of nitrogens with one attached hydrogen (secondary N) is 1. The molecule has 1 heterocycles. The van der Waals surface area contributed by atoms with Crippen LogP contribution in [-0.2, 0) is 6.54 Å². The minimum Gasteiger partial charge on any atom is -0.394 e. The van der Waals surface area contributed by atoms with Gasteiger partial charge in [0.15, 0.2) is 0 Å². The van der Waals surface area contributed by atoms with Gasteiger partial charge in [-0.1, -0.05) is 0 Å². The number of aliphatic hydroxyl groups is 1. The zero-order valence-electron chi connectivity index (χ0n) is 7.99. The predicted octanol–water partition coefficient (Wildman–Crippen LogP) is 0.337. The van der Waals surface area contributed by atoms with Crippen molar-refractivity contribution in [2.24, 2.45) is 0 Å². The Morgan fingerprint density at radius 1 is 1.38 bits per heavy atom. The standard InChI is InChI=1S/C9H15N3O/c1-9(2,6-13)12-5-8-3-10-7-11-4-8/h3-4,7,12-13H,5-6H2,1-2H3. The van der Waals surface area contributed by atoms with Gasteiger partial charge in [0.25, 0.3) is 0 Å². The first kappa shape index (κ1) is 10.1. The van der Waals surface area contributed by atoms with Crippen molar-refractivity contribution >= 4 is 0 Å². The minimum atomic E-state index is -0.254. The molecule has 0 aliphatic rings. The van der Waals surface area contributed by atoms with Crippen LogP contribution in [0.25, 0.3) is 0 Å². The smallest absolute Gasteiger partial charge is 0.115 e. The van der Waals surface area contributed by atoms with E-state index >= 15 is 0 Å². The van der Waals surface area contributed by atoms with Crippen molar-refractivity contribution in [1.82, 2.24) is 15.3 Å². The molecule has 0 spiro atoms. The van der Waals surface area contributed by atoms with E-state index in [0.29, 0.717) is 6.54 Å². The molecule has 0 radical (unpaired) electrons. The molecule has 0 unspecified atom stereocenters. The van der Waals surface area contributed by atoms with Gasteiger partial charge >= 0.3 is 0 Å². The van der Waals surface area contributed by atoms with E-state index in [1.807, 2.05) is 13.8 Å². The summed E-state index contributed by atoms with van der Waals surface area (Å²) in [7, 11) is 0. The highest BCUT2D eigenvalue weighted by Gasteiger charge is 2.14. The number of hydrogen-bond acceptors (Lipinski definition) is 4. The summed E-state index contributed by atoms with van der Waals surface area (Å²) in [4.78, 5) is 7.80. The predicted molar refractivity (Wildman–Crippen MR) is 50.0 cm³/mol. The molecular formula is C9H15N3O. The summed E-state index contributed by atoms with van der Waals surface area (Å²) >= 11 is 0. The van der Waals surface area contributed by atoms with Gasteiger partial charge in [-0.2, -0.15) is 0 Å². The molecule has 0 aliphatic carbocycles. The Morgan fingerprint density at radius 3 is 2.54 bits per heavy atom. The number of hydrogen-bond donors (Lipinski definition) is 2. The van der Waals surface area contributed by atoms with E-state index in [1.54, 1.807) is 12.4 Å². The zero-order chi connectivity index (χ0) is 9.73. The van der Waals surface area contributed by atoms with Gasteiger partial charge in [0.2, 0.25) is 0 Å². The van der Waals surface area contributed by atoms with Gasteiger partial charge in [-0.15, -0.1) is 0 Å². The fourth-order valence-electron chi connectivity index (χ4n) is 0.818. The Morgan fingerprint density at radius 2 is 2.00 bits per heavy atom. The second-order valence-corrected chi connectivity index (χ2v) is 3.64. The highest BCUT2D eigenvalue weighted by molar-refractivity contribution is 5.02. The maximum Gasteiger partial charge on any atom is 0.115 e. The van der Waals surface area contributed by atoms with E-state index in [9.17, 15) is 0 Å². The van der Waals surface area contributed by atoms with Gasteiger partial charge in [-0.3, -0.25) is 0 Å². The van der Waals surface area contributed by atoms with Crippen molar-refractivity contribution in [1.29, 1.82) is 0 Å². The molecular weight excluding hydrogens is 166 g/mol. The number of nitrogens with zero attached hydrogens (tertiary/aromatic N) is 2. The quantitative estimate of drug-likeness (QED) is 0.703. The molecule has 13 heavy (non-hydrogen) atoms. The minimum absolute atomic E-state index is 0.112. The molecule has 0 fully saturated rings. The van der Waals surface area contributed by atoms with Crippen molar-refractivity contribution in [2.45, 2.75) is 25.9 Å². The number of aliphatic hydroxyl groups excluding tert-OH is 1. The third kappa shape index (κ3) is 3.48. The third-order valence-electron chi connectivity index (χ3n) is 1.78. The van der Waals surface area contributed by atoms with Crippen molar-refractivity contribution < 1.29 is 5.11 Å². The summed E-state index contributed by atoms with van der Waals surface area (Å²) in [5.41, 5.74) is 0.763. The van der Waals surface area contributed by atoms with Crippen molar-refractivity contribution in [2.75, 3.05) is 6.61 Å². The van der Waals surface area contributed by atoms with E-state index in [0.717, 1.165) is 5.56 Å². The van der Waals surface area contributed by atoms with Crippen LogP contribution in [-0.4, -0.2) is 27.2 Å². The first-order chi connectivity index (χ1) is 6.14. The number of aromatic nitrogens is 2. The van der Waals surface area contributed by atoms with Gasteiger partial charge in [-0.05, 0) is 13.8 Å². The van der Waals surface area contributed by atoms with Crippen LogP contribution in [0.15, 0.2) is 18.7 Å². The summed E-state index contributed by atoms with van der Waals surface area (Å²) < 4.78 is 0. The largest absolute Gasteiger partial charge is 0.394 e. The normalized spacial score (nSPS) is 11.6. The van der Waals surface area contributed by atoms with Gasteiger partial charge < -0.3 is 10.4 Å². The summed E-state index contributed by atoms with van der Waals surface area (Å²) in [5.74, 6) is 0. The molecule has 0 aromatic carbocycles. The average molecular weight is 181 g/mol. The lowest BCUT2D eigenvalue weighted by Crippen LogP contribution is -2.42. The Bertz CT molecular complexity index is 248. The fourth-order valence-corrected chi connectivity index (χ4v) is 0.818. The zero-order valence-corrected chi connectivity index (χ0v) is 7.99. The van der Waals surface area contributed by atoms with Crippen LogP contribution in [0, 0.1) is 0 Å². The molecule has 0 atom stereocenters. The molecule has 0 aliphatic heterocycles. The Labute approximate surface area is 78.0 Å². The van der Waals surface area contributed by atoms with E-state index < -0.39 is 0 Å². The SMILES string of the molecule is CC(C)(CO)NCc1cncnc1. The topological polar surface area (TPSA) is 58.0 Å². The van der Waals surface area contributed by atoms with Gasteiger partial charge in [-0.25, -0.2) is 9.97 Å². The molecule has 0 amide bonds. The lowest BCUT2D eigenvalue weighted by molar-refractivity contribution is 0.187. The fraction of sp³-hybridized carbons (Fsp3) is 0.556. The van der Waals surface area contributed by atoms with E-state index in [-0.39, 0.29) is 12.1 Å². The molecule has 0 bridgehead atoms. The maximum absolute atomic E-state index is 8.98. The van der Waals surface area contributed by atoms with E-state index in [2.05, 4.69) is 15.3 Å². The summed E-state index contributed by atoms with van der Waals surface area (Å²) in [6.45, 7) is 4.67. The second-order valence-electron chi connectivity index (χ2n) is 3.64. The number of rotatable bonds is 4. The van der Waals surface area contributed by atoms with Crippen LogP contribution in [0.5, 0.6) is 0 Å². The first-order valence-corrected chi connectivity index (χ1v) is 4.24. The van der Waals surface area contributed by atoms with Crippen LogP contribution in [0.1, 0.15) is 19.4 Å². The van der Waals surface area contributed by atoms with Crippen molar-refractivity contribution in [3.63, 3.8) is 0 Å². The monoisotopic (exact) mass is 181 g/mol. The highest BCUT2D eigenvalue weighted by Crippen LogP contribution is 2.02. The summed E-state index contributed by atoms with van der Waals surface area (Å²) in [5, 5.41) is 12.2. The van der Waals surface area contributed by atoms with Crippen LogP contribution in [0.2, 0.25) is 0 Å². The Hall–Kier alpha value is -1.00. The van der Waals surface area contributed by atoms with E-state index in [1.165, 1.54) is 6.33 Å². The van der Waals surface area contributed by atoms with Crippen molar-refractivity contribution in [3.05, 3.63) is 24.3 Å². The van der Waals surface area contributed by atoms with Crippen LogP contribution >= 0.6 is 0 Å². The van der Waals surface area contributed by atoms with Crippen LogP contribution < -0.4 is 5.32 Å². The molecule has 1 aromatic heterocycles. The molecule has 1 aromatic rings. The summed E-state index contributed by atoms with van der Waals surface area (Å²) in [6, 6.07) is 0. The lowest BCUT2D eigenvalue weighted by Gasteiger charge is -2.23. The molecule has 0 saturated carbocycles. The molecule has 72 valence electrons. The summed E-state index contributed by atoms with van der Waals surface area (Å²) in [6.07, 6.45) is 5.02. The molecule has 0 saturated heterocycles. The van der Waals surface area contributed by atoms with Gasteiger partial charge in [0.05, 0.1) is 6.61 Å². The third-order valence-corrected chi connectivity index (χ3v) is 1.78. The first-order valence-electron chi connectivity index (χ1n) is 4.24. The lowest BCUT2D eigenvalue weighted by atomic mass is 10.1. The Kier molecular flexibility index (Phi) is 3.33. The molecule has 2 N–H and O–H groups in total.